The highest BCUT2D eigenvalue weighted by molar-refractivity contribution is 4.92. The molecule has 2 fully saturated rings. The van der Waals surface area contributed by atoms with Crippen LogP contribution in [0.2, 0.25) is 0 Å². The minimum Gasteiger partial charge on any atom is -0.393 e. The number of nitrogens with zero attached hydrogens (tertiary/aromatic N) is 1. The Morgan fingerprint density at radius 1 is 1.23 bits per heavy atom. The summed E-state index contributed by atoms with van der Waals surface area (Å²) in [5.41, 5.74) is 0. The molecule has 2 bridgehead atoms. The van der Waals surface area contributed by atoms with Crippen molar-refractivity contribution in [3.63, 3.8) is 0 Å². The molecule has 2 heterocycles. The molecular formula is C11H21NO. The standard InChI is InChI=1S/C11H21NO/c1-2-6-12-9-4-3-5-10(12)8-11(13)7-9/h9-11,13H,2-8H2,1H3/t9-,10-/m1/s1. The lowest BCUT2D eigenvalue weighted by molar-refractivity contribution is -0.0260. The molecule has 0 aromatic carbocycles. The van der Waals surface area contributed by atoms with Crippen molar-refractivity contribution >= 4 is 0 Å². The normalized spacial score (nSPS) is 40.6. The van der Waals surface area contributed by atoms with Gasteiger partial charge in [0.2, 0.25) is 0 Å². The van der Waals surface area contributed by atoms with E-state index in [9.17, 15) is 5.11 Å². The molecule has 0 spiro atoms. The monoisotopic (exact) mass is 183 g/mol. The van der Waals surface area contributed by atoms with Crippen LogP contribution >= 0.6 is 0 Å². The number of aliphatic hydroxyl groups is 1. The minimum absolute atomic E-state index is 0.0107. The molecule has 2 saturated heterocycles. The third kappa shape index (κ3) is 1.89. The lowest BCUT2D eigenvalue weighted by Gasteiger charge is -2.47. The van der Waals surface area contributed by atoms with Crippen LogP contribution < -0.4 is 0 Å². The highest BCUT2D eigenvalue weighted by atomic mass is 16.3. The van der Waals surface area contributed by atoms with Crippen molar-refractivity contribution in [2.45, 2.75) is 63.6 Å². The molecule has 0 radical (unpaired) electrons. The van der Waals surface area contributed by atoms with Crippen molar-refractivity contribution in [3.05, 3.63) is 0 Å². The third-order valence-electron chi connectivity index (χ3n) is 3.58. The first-order chi connectivity index (χ1) is 6.31. The first kappa shape index (κ1) is 9.47. The van der Waals surface area contributed by atoms with Crippen molar-refractivity contribution in [1.29, 1.82) is 0 Å². The zero-order chi connectivity index (χ0) is 9.26. The summed E-state index contributed by atoms with van der Waals surface area (Å²) in [7, 11) is 0. The molecule has 0 amide bonds. The van der Waals surface area contributed by atoms with Gasteiger partial charge in [-0.3, -0.25) is 4.90 Å². The fourth-order valence-electron chi connectivity index (χ4n) is 3.07. The summed E-state index contributed by atoms with van der Waals surface area (Å²) in [5, 5.41) is 9.67. The molecule has 0 saturated carbocycles. The van der Waals surface area contributed by atoms with E-state index in [0.29, 0.717) is 12.1 Å². The molecule has 13 heavy (non-hydrogen) atoms. The molecule has 2 aliphatic rings. The predicted octanol–water partition coefficient (Wildman–Crippen LogP) is 1.77. The first-order valence-electron chi connectivity index (χ1n) is 5.75. The molecule has 0 aromatic rings. The molecule has 0 aliphatic carbocycles. The van der Waals surface area contributed by atoms with Gasteiger partial charge in [0.25, 0.3) is 0 Å². The summed E-state index contributed by atoms with van der Waals surface area (Å²) in [6.45, 7) is 3.49. The van der Waals surface area contributed by atoms with E-state index in [0.717, 1.165) is 12.8 Å². The van der Waals surface area contributed by atoms with Gasteiger partial charge in [0, 0.05) is 12.1 Å². The van der Waals surface area contributed by atoms with Crippen LogP contribution in [0.1, 0.15) is 45.4 Å². The summed E-state index contributed by atoms with van der Waals surface area (Å²) in [6.07, 6.45) is 7.29. The van der Waals surface area contributed by atoms with Gasteiger partial charge < -0.3 is 5.11 Å². The van der Waals surface area contributed by atoms with Crippen molar-refractivity contribution in [1.82, 2.24) is 4.90 Å². The summed E-state index contributed by atoms with van der Waals surface area (Å²) in [4.78, 5) is 2.65. The van der Waals surface area contributed by atoms with Crippen LogP contribution in [-0.2, 0) is 0 Å². The molecule has 76 valence electrons. The summed E-state index contributed by atoms with van der Waals surface area (Å²) < 4.78 is 0. The summed E-state index contributed by atoms with van der Waals surface area (Å²) in [5.74, 6) is 0. The fourth-order valence-corrected chi connectivity index (χ4v) is 3.07. The van der Waals surface area contributed by atoms with E-state index in [4.69, 9.17) is 0 Å². The van der Waals surface area contributed by atoms with Gasteiger partial charge in [-0.2, -0.15) is 0 Å². The van der Waals surface area contributed by atoms with Gasteiger partial charge in [-0.25, -0.2) is 0 Å². The molecule has 0 aromatic heterocycles. The second-order valence-electron chi connectivity index (χ2n) is 4.60. The summed E-state index contributed by atoms with van der Waals surface area (Å²) in [6, 6.07) is 1.39. The van der Waals surface area contributed by atoms with Crippen molar-refractivity contribution in [2.75, 3.05) is 6.54 Å². The molecular weight excluding hydrogens is 162 g/mol. The summed E-state index contributed by atoms with van der Waals surface area (Å²) >= 11 is 0. The van der Waals surface area contributed by atoms with E-state index in [1.54, 1.807) is 0 Å². The zero-order valence-electron chi connectivity index (χ0n) is 8.58. The zero-order valence-corrected chi connectivity index (χ0v) is 8.58. The Labute approximate surface area is 80.9 Å². The average Bonchev–Trinajstić information content (AvgIpc) is 2.07. The van der Waals surface area contributed by atoms with Gasteiger partial charge in [0.15, 0.2) is 0 Å². The predicted molar refractivity (Wildman–Crippen MR) is 53.7 cm³/mol. The van der Waals surface area contributed by atoms with Gasteiger partial charge in [-0.05, 0) is 38.6 Å². The molecule has 2 atom stereocenters. The van der Waals surface area contributed by atoms with Crippen LogP contribution in [0.15, 0.2) is 0 Å². The molecule has 1 N–H and O–H groups in total. The maximum Gasteiger partial charge on any atom is 0.0570 e. The largest absolute Gasteiger partial charge is 0.393 e. The highest BCUT2D eigenvalue weighted by Crippen LogP contribution is 2.33. The van der Waals surface area contributed by atoms with Crippen LogP contribution in [0, 0.1) is 0 Å². The topological polar surface area (TPSA) is 23.5 Å². The lowest BCUT2D eigenvalue weighted by Crippen LogP contribution is -2.53. The maximum atomic E-state index is 9.67. The molecule has 2 rings (SSSR count). The molecule has 2 heteroatoms. The van der Waals surface area contributed by atoms with Gasteiger partial charge in [-0.1, -0.05) is 13.3 Å². The minimum atomic E-state index is -0.0107. The van der Waals surface area contributed by atoms with E-state index in [-0.39, 0.29) is 6.10 Å². The molecule has 2 aliphatic heterocycles. The SMILES string of the molecule is CCCN1[C@@H]2CCC[C@@H]1CC(O)C2. The quantitative estimate of drug-likeness (QED) is 0.705. The Bertz CT molecular complexity index is 157. The number of piperidine rings is 2. The molecule has 0 unspecified atom stereocenters. The van der Waals surface area contributed by atoms with Crippen LogP contribution in [0.5, 0.6) is 0 Å². The maximum absolute atomic E-state index is 9.67. The Morgan fingerprint density at radius 3 is 2.38 bits per heavy atom. The number of rotatable bonds is 2. The van der Waals surface area contributed by atoms with Gasteiger partial charge in [0.05, 0.1) is 6.10 Å². The first-order valence-corrected chi connectivity index (χ1v) is 5.75. The molecule has 2 nitrogen and oxygen atoms in total. The van der Waals surface area contributed by atoms with E-state index < -0.39 is 0 Å². The second-order valence-corrected chi connectivity index (χ2v) is 4.60. The highest BCUT2D eigenvalue weighted by Gasteiger charge is 2.36. The van der Waals surface area contributed by atoms with Crippen LogP contribution in [0.3, 0.4) is 0 Å². The third-order valence-corrected chi connectivity index (χ3v) is 3.58. The smallest absolute Gasteiger partial charge is 0.0570 e. The van der Waals surface area contributed by atoms with E-state index in [1.807, 2.05) is 0 Å². The van der Waals surface area contributed by atoms with Crippen LogP contribution in [0.4, 0.5) is 0 Å². The fraction of sp³-hybridized carbons (Fsp3) is 1.00. The Hall–Kier alpha value is -0.0800. The van der Waals surface area contributed by atoms with E-state index >= 15 is 0 Å². The van der Waals surface area contributed by atoms with E-state index in [1.165, 1.54) is 32.2 Å². The Morgan fingerprint density at radius 2 is 1.85 bits per heavy atom. The van der Waals surface area contributed by atoms with Crippen molar-refractivity contribution in [3.8, 4) is 0 Å². The van der Waals surface area contributed by atoms with E-state index in [2.05, 4.69) is 11.8 Å². The van der Waals surface area contributed by atoms with Gasteiger partial charge in [0.1, 0.15) is 0 Å². The second kappa shape index (κ2) is 3.97. The average molecular weight is 183 g/mol. The number of hydrogen-bond donors (Lipinski definition) is 1. The van der Waals surface area contributed by atoms with Crippen molar-refractivity contribution < 1.29 is 5.11 Å². The van der Waals surface area contributed by atoms with Crippen molar-refractivity contribution in [2.24, 2.45) is 0 Å². The van der Waals surface area contributed by atoms with Gasteiger partial charge >= 0.3 is 0 Å². The lowest BCUT2D eigenvalue weighted by atomic mass is 9.83. The number of aliphatic hydroxyl groups excluding tert-OH is 1. The Balaban J connectivity index is 2.01. The number of fused-ring (bicyclic) bond motifs is 2. The van der Waals surface area contributed by atoms with Crippen LogP contribution in [-0.4, -0.2) is 34.7 Å². The Kier molecular flexibility index (Phi) is 2.89. The van der Waals surface area contributed by atoms with Crippen LogP contribution in [0.25, 0.3) is 0 Å². The van der Waals surface area contributed by atoms with Gasteiger partial charge in [-0.15, -0.1) is 0 Å². The number of hydrogen-bond acceptors (Lipinski definition) is 2.